The summed E-state index contributed by atoms with van der Waals surface area (Å²) in [6.45, 7) is 6.75. The molecule has 1 amide bonds. The van der Waals surface area contributed by atoms with Crippen LogP contribution in [0.3, 0.4) is 0 Å². The van der Waals surface area contributed by atoms with Gasteiger partial charge in [0.05, 0.1) is 12.3 Å². The van der Waals surface area contributed by atoms with Gasteiger partial charge < -0.3 is 15.5 Å². The van der Waals surface area contributed by atoms with Crippen molar-refractivity contribution < 1.29 is 9.21 Å². The molecule has 8 atom stereocenters. The first-order chi connectivity index (χ1) is 15.2. The lowest BCUT2D eigenvalue weighted by Gasteiger charge is -2.60. The molecule has 0 saturated heterocycles. The van der Waals surface area contributed by atoms with Crippen molar-refractivity contribution in [3.63, 3.8) is 0 Å². The molecule has 4 aliphatic rings. The Balaban J connectivity index is 1.34. The summed E-state index contributed by atoms with van der Waals surface area (Å²) in [5.74, 6) is 2.49. The number of carbonyl (C=O) groups excluding carboxylic acids is 1. The number of hydrogen-bond acceptors (Lipinski definition) is 4. The molecule has 32 heavy (non-hydrogen) atoms. The molecule has 1 aromatic rings. The molecule has 3 fully saturated rings. The van der Waals surface area contributed by atoms with E-state index in [1.807, 2.05) is 6.07 Å². The third-order valence-electron chi connectivity index (χ3n) is 9.95. The van der Waals surface area contributed by atoms with E-state index in [0.717, 1.165) is 25.2 Å². The molecular formula is C27H38N2O3. The Kier molecular flexibility index (Phi) is 5.39. The molecular weight excluding hydrogens is 400 g/mol. The topological polar surface area (TPSA) is 85.3 Å². The minimum absolute atomic E-state index is 0.0142. The van der Waals surface area contributed by atoms with Crippen LogP contribution < -0.4 is 16.7 Å². The second kappa shape index (κ2) is 7.86. The highest BCUT2D eigenvalue weighted by atomic mass is 16.4. The van der Waals surface area contributed by atoms with Crippen LogP contribution in [-0.2, 0) is 4.79 Å². The van der Waals surface area contributed by atoms with Gasteiger partial charge in [-0.3, -0.25) is 4.79 Å². The molecule has 5 heteroatoms. The lowest BCUT2D eigenvalue weighted by Crippen LogP contribution is -2.54. The van der Waals surface area contributed by atoms with Gasteiger partial charge in [0, 0.05) is 12.1 Å². The van der Waals surface area contributed by atoms with E-state index < -0.39 is 6.04 Å². The van der Waals surface area contributed by atoms with Gasteiger partial charge in [-0.1, -0.05) is 25.5 Å². The van der Waals surface area contributed by atoms with Crippen LogP contribution in [-0.4, -0.2) is 18.0 Å². The smallest absolute Gasteiger partial charge is 0.335 e. The molecule has 174 valence electrons. The highest BCUT2D eigenvalue weighted by molar-refractivity contribution is 5.81. The van der Waals surface area contributed by atoms with E-state index in [9.17, 15) is 9.59 Å². The zero-order valence-electron chi connectivity index (χ0n) is 19.7. The molecule has 1 heterocycles. The Labute approximate surface area is 191 Å². The van der Waals surface area contributed by atoms with E-state index in [1.54, 1.807) is 24.8 Å². The lowest BCUT2D eigenvalue weighted by atomic mass is 9.45. The van der Waals surface area contributed by atoms with Gasteiger partial charge in [0.1, 0.15) is 0 Å². The lowest BCUT2D eigenvalue weighted by molar-refractivity contribution is -0.124. The van der Waals surface area contributed by atoms with Crippen LogP contribution in [0.15, 0.2) is 39.3 Å². The molecule has 0 unspecified atom stereocenters. The van der Waals surface area contributed by atoms with Gasteiger partial charge in [-0.05, 0) is 104 Å². The van der Waals surface area contributed by atoms with E-state index in [1.165, 1.54) is 37.7 Å². The van der Waals surface area contributed by atoms with Gasteiger partial charge >= 0.3 is 5.63 Å². The number of rotatable bonds is 3. The summed E-state index contributed by atoms with van der Waals surface area (Å²) in [6.07, 6.45) is 13.6. The molecule has 5 rings (SSSR count). The normalized spacial score (nSPS) is 41.6. The van der Waals surface area contributed by atoms with Crippen molar-refractivity contribution in [3.8, 4) is 0 Å². The molecule has 0 spiro atoms. The van der Waals surface area contributed by atoms with E-state index in [4.69, 9.17) is 10.2 Å². The maximum Gasteiger partial charge on any atom is 0.335 e. The highest BCUT2D eigenvalue weighted by Crippen LogP contribution is 2.67. The first kappa shape index (κ1) is 21.9. The quantitative estimate of drug-likeness (QED) is 0.680. The summed E-state index contributed by atoms with van der Waals surface area (Å²) in [4.78, 5) is 23.6. The average molecular weight is 439 g/mol. The Morgan fingerprint density at radius 3 is 2.72 bits per heavy atom. The SMILES string of the molecule is C[C@@H](N)C(=O)N[C@H]1CC[C@@]2(C)[C@H](CC[C@H]3C4=CC[C@H](c5ccc(=O)oc5)[C@@]4(C)CC[C@@H]32)C1. The van der Waals surface area contributed by atoms with Gasteiger partial charge in [-0.2, -0.15) is 0 Å². The van der Waals surface area contributed by atoms with Crippen LogP contribution >= 0.6 is 0 Å². The van der Waals surface area contributed by atoms with E-state index in [-0.39, 0.29) is 23.0 Å². The molecule has 1 aromatic heterocycles. The van der Waals surface area contributed by atoms with Gasteiger partial charge in [-0.15, -0.1) is 0 Å². The van der Waals surface area contributed by atoms with Crippen molar-refractivity contribution in [2.24, 2.45) is 34.3 Å². The number of nitrogens with two attached hydrogens (primary N) is 1. The summed E-state index contributed by atoms with van der Waals surface area (Å²) in [5.41, 5.74) is 8.89. The molecule has 4 aliphatic carbocycles. The maximum atomic E-state index is 12.1. The van der Waals surface area contributed by atoms with Crippen LogP contribution in [0.4, 0.5) is 0 Å². The number of fused-ring (bicyclic) bond motifs is 5. The van der Waals surface area contributed by atoms with Crippen LogP contribution in [0.1, 0.15) is 83.6 Å². The summed E-state index contributed by atoms with van der Waals surface area (Å²) in [6, 6.07) is 3.38. The second-order valence-corrected chi connectivity index (χ2v) is 11.6. The van der Waals surface area contributed by atoms with Crippen molar-refractivity contribution >= 4 is 5.91 Å². The first-order valence-corrected chi connectivity index (χ1v) is 12.6. The van der Waals surface area contributed by atoms with Crippen molar-refractivity contribution in [2.45, 2.75) is 90.1 Å². The summed E-state index contributed by atoms with van der Waals surface area (Å²) in [5, 5.41) is 3.21. The number of carbonyl (C=O) groups is 1. The third kappa shape index (κ3) is 3.39. The van der Waals surface area contributed by atoms with Crippen molar-refractivity contribution in [2.75, 3.05) is 0 Å². The fourth-order valence-electron chi connectivity index (χ4n) is 8.12. The molecule has 0 aromatic carbocycles. The largest absolute Gasteiger partial charge is 0.431 e. The average Bonchev–Trinajstić information content (AvgIpc) is 3.11. The van der Waals surface area contributed by atoms with Crippen LogP contribution in [0, 0.1) is 28.6 Å². The van der Waals surface area contributed by atoms with Gasteiger partial charge in [0.2, 0.25) is 5.91 Å². The maximum absolute atomic E-state index is 12.1. The van der Waals surface area contributed by atoms with E-state index in [2.05, 4.69) is 25.2 Å². The summed E-state index contributed by atoms with van der Waals surface area (Å²) in [7, 11) is 0. The van der Waals surface area contributed by atoms with Gasteiger partial charge in [-0.25, -0.2) is 4.79 Å². The Morgan fingerprint density at radius 2 is 2.00 bits per heavy atom. The minimum Gasteiger partial charge on any atom is -0.431 e. The van der Waals surface area contributed by atoms with Crippen molar-refractivity contribution in [1.29, 1.82) is 0 Å². The number of nitrogens with one attached hydrogen (secondary N) is 1. The number of amides is 1. The molecule has 3 saturated carbocycles. The standard InChI is InChI=1S/C27H38N2O3/c1-16(28)25(31)29-19-10-12-26(2)18(14-19)5-6-20-22-8-7-21(17-4-9-24(30)32-15-17)27(22,3)13-11-23(20)26/h4,8-9,15-16,18-21,23H,5-7,10-14,28H2,1-3H3,(H,29,31)/t16-,18-,19+,20+,21-,23+,26+,27-/m1/s1. The Bertz CT molecular complexity index is 961. The second-order valence-electron chi connectivity index (χ2n) is 11.6. The predicted octanol–water partition coefficient (Wildman–Crippen LogP) is 4.52. The minimum atomic E-state index is -0.435. The fourth-order valence-corrected chi connectivity index (χ4v) is 8.12. The van der Waals surface area contributed by atoms with Crippen LogP contribution in [0.5, 0.6) is 0 Å². The Hall–Kier alpha value is -1.88. The molecule has 0 bridgehead atoms. The van der Waals surface area contributed by atoms with E-state index >= 15 is 0 Å². The van der Waals surface area contributed by atoms with Crippen molar-refractivity contribution in [3.05, 3.63) is 46.0 Å². The highest BCUT2D eigenvalue weighted by Gasteiger charge is 2.57. The molecule has 0 aliphatic heterocycles. The predicted molar refractivity (Wildman–Crippen MR) is 125 cm³/mol. The van der Waals surface area contributed by atoms with Crippen LogP contribution in [0.25, 0.3) is 0 Å². The summed E-state index contributed by atoms with van der Waals surface area (Å²) >= 11 is 0. The number of hydrogen-bond donors (Lipinski definition) is 2. The fraction of sp³-hybridized carbons (Fsp3) is 0.704. The first-order valence-electron chi connectivity index (χ1n) is 12.6. The molecule has 0 radical (unpaired) electrons. The summed E-state index contributed by atoms with van der Waals surface area (Å²) < 4.78 is 5.22. The zero-order valence-corrected chi connectivity index (χ0v) is 19.7. The number of allylic oxidation sites excluding steroid dienone is 2. The van der Waals surface area contributed by atoms with E-state index in [0.29, 0.717) is 23.2 Å². The third-order valence-corrected chi connectivity index (χ3v) is 9.95. The Morgan fingerprint density at radius 1 is 1.19 bits per heavy atom. The van der Waals surface area contributed by atoms with Crippen LogP contribution in [0.2, 0.25) is 0 Å². The zero-order chi connectivity index (χ0) is 22.7. The van der Waals surface area contributed by atoms with Gasteiger partial charge in [0.15, 0.2) is 0 Å². The molecule has 5 nitrogen and oxygen atoms in total. The van der Waals surface area contributed by atoms with Gasteiger partial charge in [0.25, 0.3) is 0 Å². The monoisotopic (exact) mass is 438 g/mol. The molecule has 3 N–H and O–H groups in total. The van der Waals surface area contributed by atoms with Crippen molar-refractivity contribution in [1.82, 2.24) is 5.32 Å².